The van der Waals surface area contributed by atoms with E-state index in [1.165, 1.54) is 0 Å². The molecule has 1 aromatic carbocycles. The Morgan fingerprint density at radius 2 is 1.62 bits per heavy atom. The molecular weight excluding hydrogens is 533 g/mol. The van der Waals surface area contributed by atoms with E-state index in [1.807, 2.05) is 22.8 Å². The maximum Gasteiger partial charge on any atom is 0.192 e. The van der Waals surface area contributed by atoms with Crippen LogP contribution in [0, 0.1) is 18.8 Å². The largest absolute Gasteiger partial charge is 0.414 e. The number of hydrogen-bond donors (Lipinski definition) is 0. The number of aryl methyl sites for hydroxylation is 1. The van der Waals surface area contributed by atoms with Crippen molar-refractivity contribution in [3.05, 3.63) is 53.7 Å². The van der Waals surface area contributed by atoms with Gasteiger partial charge in [-0.25, -0.2) is 15.0 Å². The van der Waals surface area contributed by atoms with E-state index in [-0.39, 0.29) is 28.5 Å². The molecule has 1 fully saturated rings. The summed E-state index contributed by atoms with van der Waals surface area (Å²) in [5, 5.41) is 0.212. The molecule has 3 heterocycles. The van der Waals surface area contributed by atoms with Gasteiger partial charge in [0.25, 0.3) is 0 Å². The molecule has 216 valence electrons. The summed E-state index contributed by atoms with van der Waals surface area (Å²) in [5.74, 6) is 6.46. The first-order chi connectivity index (χ1) is 18.5. The average molecular weight is 579 g/mol. The van der Waals surface area contributed by atoms with Gasteiger partial charge < -0.3 is 13.6 Å². The minimum Gasteiger partial charge on any atom is -0.414 e. The van der Waals surface area contributed by atoms with Gasteiger partial charge in [0.05, 0.1) is 19.0 Å². The van der Waals surface area contributed by atoms with Gasteiger partial charge in [0.1, 0.15) is 29.9 Å². The molecule has 1 aliphatic rings. The van der Waals surface area contributed by atoms with Gasteiger partial charge >= 0.3 is 0 Å². The van der Waals surface area contributed by atoms with Gasteiger partial charge in [-0.2, -0.15) is 0 Å². The molecule has 2 aromatic heterocycles. The Morgan fingerprint density at radius 3 is 2.27 bits per heavy atom. The number of benzene rings is 1. The van der Waals surface area contributed by atoms with E-state index < -0.39 is 16.6 Å². The zero-order valence-corrected chi connectivity index (χ0v) is 28.1. The van der Waals surface area contributed by atoms with Crippen molar-refractivity contribution < 1.29 is 13.6 Å². The lowest BCUT2D eigenvalue weighted by atomic mass is 10.1. The smallest absolute Gasteiger partial charge is 0.192 e. The molecule has 3 atom stereocenters. The average Bonchev–Trinajstić information content (AvgIpc) is 3.45. The highest BCUT2D eigenvalue weighted by atomic mass is 28.4. The highest BCUT2D eigenvalue weighted by Gasteiger charge is 2.46. The molecule has 1 aliphatic heterocycles. The fourth-order valence-electron chi connectivity index (χ4n) is 4.20. The number of nitrogens with zero attached hydrogens (tertiary/aromatic N) is 4. The summed E-state index contributed by atoms with van der Waals surface area (Å²) in [6.07, 6.45) is 3.54. The highest BCUT2D eigenvalue weighted by Crippen LogP contribution is 2.42. The lowest BCUT2D eigenvalue weighted by Crippen LogP contribution is -2.48. The Balaban J connectivity index is 1.63. The number of rotatable bonds is 6. The van der Waals surface area contributed by atoms with E-state index in [9.17, 15) is 0 Å². The second kappa shape index (κ2) is 11.1. The molecular formula is C31H46N4O3Si2. The van der Waals surface area contributed by atoms with Gasteiger partial charge in [-0.15, -0.1) is 0 Å². The molecule has 7 nitrogen and oxygen atoms in total. The van der Waals surface area contributed by atoms with Crippen molar-refractivity contribution in [3.8, 4) is 11.8 Å². The van der Waals surface area contributed by atoms with Crippen molar-refractivity contribution in [3.63, 3.8) is 0 Å². The molecule has 0 amide bonds. The second-order valence-electron chi connectivity index (χ2n) is 14.0. The van der Waals surface area contributed by atoms with Gasteiger partial charge in [0.2, 0.25) is 0 Å². The van der Waals surface area contributed by atoms with E-state index in [0.29, 0.717) is 29.9 Å². The van der Waals surface area contributed by atoms with Crippen LogP contribution >= 0.6 is 0 Å². The number of aromatic nitrogens is 4. The van der Waals surface area contributed by atoms with Crippen LogP contribution in [-0.2, 0) is 13.6 Å². The maximum atomic E-state index is 6.95. The number of hydrogen-bond acceptors (Lipinski definition) is 6. The summed E-state index contributed by atoms with van der Waals surface area (Å²) >= 11 is 0. The second-order valence-corrected chi connectivity index (χ2v) is 23.5. The predicted molar refractivity (Wildman–Crippen MR) is 166 cm³/mol. The maximum absolute atomic E-state index is 6.95. The van der Waals surface area contributed by atoms with Crippen molar-refractivity contribution in [1.29, 1.82) is 0 Å². The van der Waals surface area contributed by atoms with E-state index in [1.54, 1.807) is 12.7 Å². The SMILES string of the molecule is Cc1ccccc1C#Cc1ncnc2c1ncn2C1CC(O[Si](C)(C)C(C)(C)C)C(CO[Si](C)(C)C(C)(C)C)O1. The molecule has 40 heavy (non-hydrogen) atoms. The Morgan fingerprint density at radius 1 is 0.950 bits per heavy atom. The fraction of sp³-hybridized carbons (Fsp3) is 0.581. The number of imidazole rings is 1. The minimum absolute atomic E-state index is 0.0738. The van der Waals surface area contributed by atoms with Crippen molar-refractivity contribution in [2.24, 2.45) is 0 Å². The molecule has 0 spiro atoms. The van der Waals surface area contributed by atoms with Crippen molar-refractivity contribution >= 4 is 27.8 Å². The standard InChI is InChI=1S/C31H46N4O3Si2/c1-22-14-12-13-15-23(22)16-17-24-28-29(33-20-32-24)35(21-34-28)27-18-25(38-40(10,11)31(5,6)7)26(37-27)19-36-39(8,9)30(2,3)4/h12-15,20-21,25-27H,18-19H2,1-11H3. The first-order valence-electron chi connectivity index (χ1n) is 14.2. The Labute approximate surface area is 242 Å². The molecule has 3 aromatic rings. The van der Waals surface area contributed by atoms with Gasteiger partial charge in [-0.3, -0.25) is 4.57 Å². The third-order valence-corrected chi connectivity index (χ3v) is 18.0. The highest BCUT2D eigenvalue weighted by molar-refractivity contribution is 6.74. The monoisotopic (exact) mass is 578 g/mol. The molecule has 4 rings (SSSR count). The van der Waals surface area contributed by atoms with Crippen LogP contribution in [-0.4, -0.2) is 55.0 Å². The van der Waals surface area contributed by atoms with E-state index in [0.717, 1.165) is 11.1 Å². The van der Waals surface area contributed by atoms with Crippen LogP contribution in [0.3, 0.4) is 0 Å². The number of fused-ring (bicyclic) bond motifs is 1. The quantitative estimate of drug-likeness (QED) is 0.227. The molecule has 0 aliphatic carbocycles. The number of ether oxygens (including phenoxy) is 1. The van der Waals surface area contributed by atoms with Crippen LogP contribution in [0.1, 0.15) is 71.0 Å². The summed E-state index contributed by atoms with van der Waals surface area (Å²) in [7, 11) is -4.00. The van der Waals surface area contributed by atoms with E-state index in [2.05, 4.69) is 108 Å². The molecule has 9 heteroatoms. The van der Waals surface area contributed by atoms with Gasteiger partial charge in [0.15, 0.2) is 22.3 Å². The Bertz CT molecular complexity index is 1410. The van der Waals surface area contributed by atoms with Crippen LogP contribution in [0.2, 0.25) is 36.3 Å². The Kier molecular flexibility index (Phi) is 8.52. The third-order valence-electron chi connectivity index (χ3n) is 8.98. The third kappa shape index (κ3) is 6.42. The summed E-state index contributed by atoms with van der Waals surface area (Å²) in [5.41, 5.74) is 4.10. The topological polar surface area (TPSA) is 71.3 Å². The van der Waals surface area contributed by atoms with Gasteiger partial charge in [-0.1, -0.05) is 65.7 Å². The first-order valence-corrected chi connectivity index (χ1v) is 20.0. The zero-order valence-electron chi connectivity index (χ0n) is 26.1. The van der Waals surface area contributed by atoms with Crippen molar-refractivity contribution in [2.45, 2.75) is 110 Å². The normalized spacial score (nSPS) is 20.5. The van der Waals surface area contributed by atoms with E-state index in [4.69, 9.17) is 13.6 Å². The van der Waals surface area contributed by atoms with E-state index >= 15 is 0 Å². The molecule has 3 unspecified atom stereocenters. The fourth-order valence-corrected chi connectivity index (χ4v) is 6.57. The zero-order chi connectivity index (χ0) is 29.5. The van der Waals surface area contributed by atoms with Crippen LogP contribution in [0.4, 0.5) is 0 Å². The molecule has 1 saturated heterocycles. The van der Waals surface area contributed by atoms with Gasteiger partial charge in [0, 0.05) is 12.0 Å². The summed E-state index contributed by atoms with van der Waals surface area (Å²) in [6, 6.07) is 8.07. The van der Waals surface area contributed by atoms with Crippen LogP contribution < -0.4 is 0 Å². The van der Waals surface area contributed by atoms with Crippen molar-refractivity contribution in [1.82, 2.24) is 19.5 Å². The molecule has 0 bridgehead atoms. The molecule has 0 saturated carbocycles. The van der Waals surface area contributed by atoms with Crippen LogP contribution in [0.5, 0.6) is 0 Å². The lowest BCUT2D eigenvalue weighted by molar-refractivity contribution is -0.0383. The lowest BCUT2D eigenvalue weighted by Gasteiger charge is -2.40. The van der Waals surface area contributed by atoms with Crippen molar-refractivity contribution in [2.75, 3.05) is 6.61 Å². The Hall–Kier alpha value is -2.36. The minimum atomic E-state index is -2.04. The van der Waals surface area contributed by atoms with Crippen LogP contribution in [0.15, 0.2) is 36.9 Å². The predicted octanol–water partition coefficient (Wildman–Crippen LogP) is 7.23. The van der Waals surface area contributed by atoms with Crippen LogP contribution in [0.25, 0.3) is 11.2 Å². The summed E-state index contributed by atoms with van der Waals surface area (Å²) < 4.78 is 22.3. The first kappa shape index (κ1) is 30.6. The van der Waals surface area contributed by atoms with Gasteiger partial charge in [-0.05, 0) is 60.7 Å². The summed E-state index contributed by atoms with van der Waals surface area (Å²) in [4.78, 5) is 13.7. The molecule has 0 N–H and O–H groups in total. The summed E-state index contributed by atoms with van der Waals surface area (Å²) in [6.45, 7) is 25.3. The molecule has 0 radical (unpaired) electrons.